The number of rotatable bonds is 4. The van der Waals surface area contributed by atoms with Crippen LogP contribution in [-0.2, 0) is 0 Å². The number of halogens is 1. The van der Waals surface area contributed by atoms with Crippen LogP contribution in [0, 0.1) is 10.1 Å². The Kier molecular flexibility index (Phi) is 5.29. The number of anilines is 2. The molecule has 0 aliphatic rings. The number of nitrogens with one attached hydrogen (secondary N) is 2. The van der Waals surface area contributed by atoms with Crippen molar-refractivity contribution < 1.29 is 9.66 Å². The van der Waals surface area contributed by atoms with E-state index in [-0.39, 0.29) is 5.69 Å². The molecule has 0 radical (unpaired) electrons. The van der Waals surface area contributed by atoms with Crippen LogP contribution in [0.4, 0.5) is 17.1 Å². The normalized spacial score (nSPS) is 9.91. The van der Waals surface area contributed by atoms with Crippen LogP contribution in [-0.4, -0.2) is 17.1 Å². The first-order chi connectivity index (χ1) is 10.5. The number of nitrogens with zero attached hydrogens (tertiary/aromatic N) is 1. The van der Waals surface area contributed by atoms with Crippen molar-refractivity contribution in [2.75, 3.05) is 17.7 Å². The summed E-state index contributed by atoms with van der Waals surface area (Å²) in [6, 6.07) is 11.7. The van der Waals surface area contributed by atoms with Crippen molar-refractivity contribution in [1.29, 1.82) is 0 Å². The monoisotopic (exact) mass is 381 g/mol. The van der Waals surface area contributed by atoms with E-state index in [4.69, 9.17) is 17.0 Å². The Morgan fingerprint density at radius 3 is 2.50 bits per heavy atom. The molecule has 2 aromatic rings. The Morgan fingerprint density at radius 2 is 1.91 bits per heavy atom. The number of hydrogen-bond acceptors (Lipinski definition) is 4. The third-order valence-electron chi connectivity index (χ3n) is 2.74. The van der Waals surface area contributed by atoms with E-state index in [9.17, 15) is 10.1 Å². The lowest BCUT2D eigenvalue weighted by atomic mass is 10.2. The highest BCUT2D eigenvalue weighted by molar-refractivity contribution is 9.10. The van der Waals surface area contributed by atoms with E-state index in [1.807, 2.05) is 24.3 Å². The fourth-order valence-electron chi connectivity index (χ4n) is 1.73. The summed E-state index contributed by atoms with van der Waals surface area (Å²) in [5.74, 6) is 0.463. The summed E-state index contributed by atoms with van der Waals surface area (Å²) in [5, 5.41) is 17.0. The minimum atomic E-state index is -0.476. The first-order valence-electron chi connectivity index (χ1n) is 6.15. The minimum absolute atomic E-state index is 0.0465. The Labute approximate surface area is 140 Å². The molecule has 0 fully saturated rings. The average molecular weight is 382 g/mol. The van der Waals surface area contributed by atoms with Gasteiger partial charge in [-0.2, -0.15) is 0 Å². The molecule has 2 aromatic carbocycles. The SMILES string of the molecule is COc1ccc([N+](=O)[O-])cc1NC(=S)Nc1ccc(Br)cc1. The maximum absolute atomic E-state index is 10.8. The summed E-state index contributed by atoms with van der Waals surface area (Å²) in [4.78, 5) is 10.4. The maximum atomic E-state index is 10.8. The molecular formula is C14H12BrN3O3S. The van der Waals surface area contributed by atoms with Gasteiger partial charge < -0.3 is 15.4 Å². The number of methoxy groups -OCH3 is 1. The van der Waals surface area contributed by atoms with Gasteiger partial charge in [-0.25, -0.2) is 0 Å². The minimum Gasteiger partial charge on any atom is -0.495 e. The van der Waals surface area contributed by atoms with E-state index in [2.05, 4.69) is 26.6 Å². The van der Waals surface area contributed by atoms with Crippen LogP contribution in [0.1, 0.15) is 0 Å². The van der Waals surface area contributed by atoms with Gasteiger partial charge in [-0.15, -0.1) is 0 Å². The lowest BCUT2D eigenvalue weighted by Gasteiger charge is -2.13. The lowest BCUT2D eigenvalue weighted by molar-refractivity contribution is -0.384. The highest BCUT2D eigenvalue weighted by Gasteiger charge is 2.12. The first-order valence-corrected chi connectivity index (χ1v) is 7.35. The van der Waals surface area contributed by atoms with Crippen molar-refractivity contribution in [2.45, 2.75) is 0 Å². The first kappa shape index (κ1) is 16.2. The summed E-state index contributed by atoms with van der Waals surface area (Å²) in [6.45, 7) is 0. The van der Waals surface area contributed by atoms with Gasteiger partial charge >= 0.3 is 0 Å². The fourth-order valence-corrected chi connectivity index (χ4v) is 2.22. The van der Waals surface area contributed by atoms with Crippen LogP contribution in [0.25, 0.3) is 0 Å². The van der Waals surface area contributed by atoms with Gasteiger partial charge in [0.1, 0.15) is 5.75 Å². The number of benzene rings is 2. The number of thiocarbonyl (C=S) groups is 1. The standard InChI is InChI=1S/C14H12BrN3O3S/c1-21-13-7-6-11(18(19)20)8-12(13)17-14(22)16-10-4-2-9(15)3-5-10/h2-8H,1H3,(H2,16,17,22). The molecule has 2 N–H and O–H groups in total. The molecule has 0 aliphatic carbocycles. The summed E-state index contributed by atoms with van der Waals surface area (Å²) in [6.07, 6.45) is 0. The Morgan fingerprint density at radius 1 is 1.23 bits per heavy atom. The van der Waals surface area contributed by atoms with Gasteiger partial charge in [0.2, 0.25) is 0 Å². The number of nitro benzene ring substituents is 1. The lowest BCUT2D eigenvalue weighted by Crippen LogP contribution is -2.19. The van der Waals surface area contributed by atoms with E-state index in [0.717, 1.165) is 10.2 Å². The van der Waals surface area contributed by atoms with Crippen molar-refractivity contribution in [2.24, 2.45) is 0 Å². The molecule has 0 aromatic heterocycles. The fraction of sp³-hybridized carbons (Fsp3) is 0.0714. The maximum Gasteiger partial charge on any atom is 0.271 e. The topological polar surface area (TPSA) is 76.4 Å². The summed E-state index contributed by atoms with van der Waals surface area (Å²) >= 11 is 8.56. The van der Waals surface area contributed by atoms with Crippen molar-refractivity contribution >= 4 is 50.3 Å². The molecule has 0 amide bonds. The van der Waals surface area contributed by atoms with Gasteiger partial charge in [-0.3, -0.25) is 10.1 Å². The molecule has 0 atom stereocenters. The van der Waals surface area contributed by atoms with Gasteiger partial charge in [0.25, 0.3) is 5.69 Å². The van der Waals surface area contributed by atoms with Crippen LogP contribution in [0.15, 0.2) is 46.9 Å². The third-order valence-corrected chi connectivity index (χ3v) is 3.48. The highest BCUT2D eigenvalue weighted by Crippen LogP contribution is 2.29. The van der Waals surface area contributed by atoms with Gasteiger partial charge in [0.15, 0.2) is 5.11 Å². The Bertz CT molecular complexity index is 707. The largest absolute Gasteiger partial charge is 0.495 e. The van der Waals surface area contributed by atoms with Gasteiger partial charge in [-0.05, 0) is 42.5 Å². The van der Waals surface area contributed by atoms with Crippen LogP contribution in [0.3, 0.4) is 0 Å². The van der Waals surface area contributed by atoms with Crippen molar-refractivity contribution in [3.05, 3.63) is 57.1 Å². The number of hydrogen-bond donors (Lipinski definition) is 2. The molecule has 6 nitrogen and oxygen atoms in total. The zero-order chi connectivity index (χ0) is 16.1. The zero-order valence-electron chi connectivity index (χ0n) is 11.5. The summed E-state index contributed by atoms with van der Waals surface area (Å²) < 4.78 is 6.12. The van der Waals surface area contributed by atoms with Gasteiger partial charge in [0, 0.05) is 22.3 Å². The zero-order valence-corrected chi connectivity index (χ0v) is 13.9. The molecular weight excluding hydrogens is 370 g/mol. The smallest absolute Gasteiger partial charge is 0.271 e. The predicted molar refractivity (Wildman–Crippen MR) is 93.6 cm³/mol. The second-order valence-corrected chi connectivity index (χ2v) is 5.55. The molecule has 114 valence electrons. The summed E-state index contributed by atoms with van der Waals surface area (Å²) in [7, 11) is 1.48. The quantitative estimate of drug-likeness (QED) is 0.470. The van der Waals surface area contributed by atoms with Crippen molar-refractivity contribution in [3.8, 4) is 5.75 Å². The second-order valence-electron chi connectivity index (χ2n) is 4.23. The molecule has 0 bridgehead atoms. The molecule has 22 heavy (non-hydrogen) atoms. The highest BCUT2D eigenvalue weighted by atomic mass is 79.9. The van der Waals surface area contributed by atoms with E-state index in [0.29, 0.717) is 16.5 Å². The number of ether oxygens (including phenoxy) is 1. The molecule has 0 saturated heterocycles. The van der Waals surface area contributed by atoms with E-state index in [1.165, 1.54) is 25.3 Å². The summed E-state index contributed by atoms with van der Waals surface area (Å²) in [5.41, 5.74) is 1.17. The van der Waals surface area contributed by atoms with Crippen molar-refractivity contribution in [3.63, 3.8) is 0 Å². The molecule has 0 aliphatic heterocycles. The molecule has 0 saturated carbocycles. The Hall–Kier alpha value is -2.19. The molecule has 0 unspecified atom stereocenters. The van der Waals surface area contributed by atoms with Gasteiger partial charge in [0.05, 0.1) is 17.7 Å². The van der Waals surface area contributed by atoms with Crippen molar-refractivity contribution in [1.82, 2.24) is 0 Å². The van der Waals surface area contributed by atoms with Crippen LogP contribution in [0.2, 0.25) is 0 Å². The Balaban J connectivity index is 2.14. The molecule has 0 spiro atoms. The number of nitro groups is 1. The second kappa shape index (κ2) is 7.19. The predicted octanol–water partition coefficient (Wildman–Crippen LogP) is 4.17. The third kappa shape index (κ3) is 4.15. The van der Waals surface area contributed by atoms with Crippen LogP contribution < -0.4 is 15.4 Å². The molecule has 0 heterocycles. The molecule has 2 rings (SSSR count). The number of non-ortho nitro benzene ring substituents is 1. The van der Waals surface area contributed by atoms with Crippen LogP contribution >= 0.6 is 28.1 Å². The van der Waals surface area contributed by atoms with Gasteiger partial charge in [-0.1, -0.05) is 15.9 Å². The van der Waals surface area contributed by atoms with E-state index < -0.39 is 4.92 Å². The molecule has 8 heteroatoms. The van der Waals surface area contributed by atoms with Crippen LogP contribution in [0.5, 0.6) is 5.75 Å². The average Bonchev–Trinajstić information content (AvgIpc) is 2.49. The van der Waals surface area contributed by atoms with E-state index in [1.54, 1.807) is 0 Å². The van der Waals surface area contributed by atoms with E-state index >= 15 is 0 Å².